The van der Waals surface area contributed by atoms with E-state index in [1.54, 1.807) is 0 Å². The fourth-order valence-corrected chi connectivity index (χ4v) is 2.36. The van der Waals surface area contributed by atoms with Crippen molar-refractivity contribution < 1.29 is 9.47 Å². The predicted molar refractivity (Wildman–Crippen MR) is 76.7 cm³/mol. The Balaban J connectivity index is 1.74. The van der Waals surface area contributed by atoms with Gasteiger partial charge in [-0.15, -0.1) is 6.58 Å². The third-order valence-corrected chi connectivity index (χ3v) is 3.56. The summed E-state index contributed by atoms with van der Waals surface area (Å²) in [5, 5.41) is 3.42. The maximum atomic E-state index is 5.56. The zero-order valence-electron chi connectivity index (χ0n) is 10.5. The third kappa shape index (κ3) is 3.96. The highest BCUT2D eigenvalue weighted by molar-refractivity contribution is 7.99. The van der Waals surface area contributed by atoms with Gasteiger partial charge in [0.15, 0.2) is 11.5 Å². The molecule has 0 fully saturated rings. The monoisotopic (exact) mass is 265 g/mol. The molecular formula is C14H19NO2S. The number of fused-ring (bicyclic) bond motifs is 1. The molecule has 1 heterocycles. The van der Waals surface area contributed by atoms with Crippen molar-refractivity contribution in [1.29, 1.82) is 0 Å². The van der Waals surface area contributed by atoms with Gasteiger partial charge in [0, 0.05) is 24.6 Å². The Kier molecular flexibility index (Phi) is 5.42. The molecule has 0 unspecified atom stereocenters. The first-order chi connectivity index (χ1) is 8.90. The van der Waals surface area contributed by atoms with Crippen LogP contribution >= 0.6 is 11.8 Å². The van der Waals surface area contributed by atoms with Gasteiger partial charge in [-0.2, -0.15) is 11.8 Å². The molecule has 0 spiro atoms. The maximum absolute atomic E-state index is 5.56. The van der Waals surface area contributed by atoms with Crippen LogP contribution in [-0.2, 0) is 6.54 Å². The Labute approximate surface area is 113 Å². The van der Waals surface area contributed by atoms with Crippen LogP contribution in [-0.4, -0.2) is 31.3 Å². The fraction of sp³-hybridized carbons (Fsp3) is 0.429. The van der Waals surface area contributed by atoms with Crippen LogP contribution in [0, 0.1) is 0 Å². The Morgan fingerprint density at radius 2 is 2.11 bits per heavy atom. The van der Waals surface area contributed by atoms with Gasteiger partial charge in [-0.05, 0) is 17.7 Å². The highest BCUT2D eigenvalue weighted by Crippen LogP contribution is 2.30. The largest absolute Gasteiger partial charge is 0.486 e. The minimum Gasteiger partial charge on any atom is -0.486 e. The summed E-state index contributed by atoms with van der Waals surface area (Å²) in [4.78, 5) is 0. The first-order valence-electron chi connectivity index (χ1n) is 6.18. The van der Waals surface area contributed by atoms with Gasteiger partial charge in [0.25, 0.3) is 0 Å². The van der Waals surface area contributed by atoms with Gasteiger partial charge in [-0.1, -0.05) is 12.1 Å². The van der Waals surface area contributed by atoms with Crippen molar-refractivity contribution >= 4 is 11.8 Å². The zero-order valence-corrected chi connectivity index (χ0v) is 11.3. The van der Waals surface area contributed by atoms with Gasteiger partial charge in [0.1, 0.15) is 13.2 Å². The second-order valence-electron chi connectivity index (χ2n) is 4.02. The van der Waals surface area contributed by atoms with E-state index in [0.717, 1.165) is 36.1 Å². The van der Waals surface area contributed by atoms with E-state index < -0.39 is 0 Å². The average Bonchev–Trinajstić information content (AvgIpc) is 2.42. The summed E-state index contributed by atoms with van der Waals surface area (Å²) in [5.41, 5.74) is 1.23. The molecule has 1 aromatic rings. The molecule has 0 amide bonds. The summed E-state index contributed by atoms with van der Waals surface area (Å²) >= 11 is 1.89. The molecule has 4 heteroatoms. The quantitative estimate of drug-likeness (QED) is 0.606. The van der Waals surface area contributed by atoms with E-state index >= 15 is 0 Å². The highest BCUT2D eigenvalue weighted by Gasteiger charge is 2.11. The average molecular weight is 265 g/mol. The standard InChI is InChI=1S/C14H19NO2S/c1-2-8-18-9-5-15-11-12-3-4-13-14(10-12)17-7-6-16-13/h2-4,10,15H,1,5-9,11H2. The zero-order chi connectivity index (χ0) is 12.6. The van der Waals surface area contributed by atoms with Crippen molar-refractivity contribution in [3.63, 3.8) is 0 Å². The van der Waals surface area contributed by atoms with E-state index in [1.165, 1.54) is 5.56 Å². The lowest BCUT2D eigenvalue weighted by molar-refractivity contribution is 0.171. The lowest BCUT2D eigenvalue weighted by Gasteiger charge is -2.18. The summed E-state index contributed by atoms with van der Waals surface area (Å²) in [6, 6.07) is 6.12. The lowest BCUT2D eigenvalue weighted by atomic mass is 10.2. The van der Waals surface area contributed by atoms with Crippen LogP contribution in [0.3, 0.4) is 0 Å². The number of thioether (sulfide) groups is 1. The van der Waals surface area contributed by atoms with Crippen molar-refractivity contribution in [2.75, 3.05) is 31.3 Å². The van der Waals surface area contributed by atoms with Crippen molar-refractivity contribution in [2.24, 2.45) is 0 Å². The normalized spacial score (nSPS) is 13.3. The molecule has 0 aromatic heterocycles. The van der Waals surface area contributed by atoms with Crippen LogP contribution in [0.5, 0.6) is 11.5 Å². The fourth-order valence-electron chi connectivity index (χ4n) is 1.74. The molecule has 0 radical (unpaired) electrons. The Bertz CT molecular complexity index is 395. The molecular weight excluding hydrogens is 246 g/mol. The van der Waals surface area contributed by atoms with Crippen molar-refractivity contribution in [2.45, 2.75) is 6.54 Å². The van der Waals surface area contributed by atoms with Gasteiger partial charge in [-0.3, -0.25) is 0 Å². The van der Waals surface area contributed by atoms with Gasteiger partial charge in [-0.25, -0.2) is 0 Å². The van der Waals surface area contributed by atoms with E-state index in [9.17, 15) is 0 Å². The molecule has 3 nitrogen and oxygen atoms in total. The number of ether oxygens (including phenoxy) is 2. The molecule has 0 saturated carbocycles. The summed E-state index contributed by atoms with van der Waals surface area (Å²) in [6.07, 6.45) is 1.94. The summed E-state index contributed by atoms with van der Waals surface area (Å²) in [7, 11) is 0. The molecule has 0 atom stereocenters. The van der Waals surface area contributed by atoms with Crippen molar-refractivity contribution in [3.05, 3.63) is 36.4 Å². The minimum atomic E-state index is 0.641. The highest BCUT2D eigenvalue weighted by atomic mass is 32.2. The minimum absolute atomic E-state index is 0.641. The van der Waals surface area contributed by atoms with E-state index in [2.05, 4.69) is 24.0 Å². The van der Waals surface area contributed by atoms with Crippen LogP contribution < -0.4 is 14.8 Å². The molecule has 2 rings (SSSR count). The molecule has 1 N–H and O–H groups in total. The summed E-state index contributed by atoms with van der Waals surface area (Å²) in [5.74, 6) is 3.84. The lowest BCUT2D eigenvalue weighted by Crippen LogP contribution is -2.18. The molecule has 1 aliphatic rings. The maximum Gasteiger partial charge on any atom is 0.161 e. The second-order valence-corrected chi connectivity index (χ2v) is 5.17. The van der Waals surface area contributed by atoms with E-state index in [4.69, 9.17) is 9.47 Å². The van der Waals surface area contributed by atoms with Crippen LogP contribution in [0.25, 0.3) is 0 Å². The Morgan fingerprint density at radius 1 is 1.28 bits per heavy atom. The van der Waals surface area contributed by atoms with E-state index in [-0.39, 0.29) is 0 Å². The van der Waals surface area contributed by atoms with Gasteiger partial charge >= 0.3 is 0 Å². The topological polar surface area (TPSA) is 30.5 Å². The number of hydrogen-bond acceptors (Lipinski definition) is 4. The number of hydrogen-bond donors (Lipinski definition) is 1. The molecule has 1 aliphatic heterocycles. The molecule has 0 bridgehead atoms. The van der Waals surface area contributed by atoms with Gasteiger partial charge < -0.3 is 14.8 Å². The second kappa shape index (κ2) is 7.34. The molecule has 98 valence electrons. The predicted octanol–water partition coefficient (Wildman–Crippen LogP) is 2.47. The van der Waals surface area contributed by atoms with E-state index in [1.807, 2.05) is 23.9 Å². The van der Waals surface area contributed by atoms with Gasteiger partial charge in [0.2, 0.25) is 0 Å². The van der Waals surface area contributed by atoms with Crippen LogP contribution in [0.1, 0.15) is 5.56 Å². The molecule has 18 heavy (non-hydrogen) atoms. The van der Waals surface area contributed by atoms with E-state index in [0.29, 0.717) is 13.2 Å². The first kappa shape index (κ1) is 13.3. The number of rotatable bonds is 7. The molecule has 1 aromatic carbocycles. The number of benzene rings is 1. The Morgan fingerprint density at radius 3 is 2.94 bits per heavy atom. The van der Waals surface area contributed by atoms with Crippen LogP contribution in [0.15, 0.2) is 30.9 Å². The van der Waals surface area contributed by atoms with Crippen LogP contribution in [0.4, 0.5) is 0 Å². The number of nitrogens with one attached hydrogen (secondary N) is 1. The first-order valence-corrected chi connectivity index (χ1v) is 7.33. The Hall–Kier alpha value is -1.13. The SMILES string of the molecule is C=CCSCCNCc1ccc2c(c1)OCCO2. The summed E-state index contributed by atoms with van der Waals surface area (Å²) < 4.78 is 11.0. The third-order valence-electron chi connectivity index (χ3n) is 2.59. The summed E-state index contributed by atoms with van der Waals surface area (Å²) in [6.45, 7) is 6.86. The van der Waals surface area contributed by atoms with Crippen molar-refractivity contribution in [3.8, 4) is 11.5 Å². The molecule has 0 saturated heterocycles. The molecule has 0 aliphatic carbocycles. The van der Waals surface area contributed by atoms with Gasteiger partial charge in [0.05, 0.1) is 0 Å². The van der Waals surface area contributed by atoms with Crippen LogP contribution in [0.2, 0.25) is 0 Å². The smallest absolute Gasteiger partial charge is 0.161 e. The van der Waals surface area contributed by atoms with Crippen molar-refractivity contribution in [1.82, 2.24) is 5.32 Å².